The van der Waals surface area contributed by atoms with Crippen molar-refractivity contribution < 1.29 is 0 Å². The lowest BCUT2D eigenvalue weighted by Gasteiger charge is -2.24. The lowest BCUT2D eigenvalue weighted by atomic mass is 9.82. The van der Waals surface area contributed by atoms with Crippen LogP contribution in [0.1, 0.15) is 33.1 Å². The first kappa shape index (κ1) is 5.76. The zero-order valence-corrected chi connectivity index (χ0v) is 6.43. The molecule has 0 saturated heterocycles. The highest BCUT2D eigenvalue weighted by atomic mass is 14.5. The molecule has 0 nitrogen and oxygen atoms in total. The Morgan fingerprint density at radius 3 is 1.56 bits per heavy atom. The van der Waals surface area contributed by atoms with Crippen LogP contribution in [0.15, 0.2) is 0 Å². The van der Waals surface area contributed by atoms with E-state index in [1.807, 2.05) is 0 Å². The van der Waals surface area contributed by atoms with E-state index in [0.29, 0.717) is 0 Å². The normalized spacial score (nSPS) is 56.7. The Kier molecular flexibility index (Phi) is 1.12. The molecule has 2 aliphatic carbocycles. The van der Waals surface area contributed by atoms with Crippen molar-refractivity contribution in [3.63, 3.8) is 0 Å². The van der Waals surface area contributed by atoms with Gasteiger partial charge in [0.1, 0.15) is 0 Å². The van der Waals surface area contributed by atoms with Gasteiger partial charge < -0.3 is 0 Å². The minimum absolute atomic E-state index is 1.05. The second-order valence-corrected chi connectivity index (χ2v) is 4.05. The van der Waals surface area contributed by atoms with Crippen molar-refractivity contribution in [2.45, 2.75) is 33.1 Å². The van der Waals surface area contributed by atoms with Crippen LogP contribution in [0.2, 0.25) is 0 Å². The molecule has 0 heterocycles. The molecule has 2 fully saturated rings. The van der Waals surface area contributed by atoms with Crippen molar-refractivity contribution in [1.29, 1.82) is 0 Å². The summed E-state index contributed by atoms with van der Waals surface area (Å²) in [7, 11) is 0. The smallest absolute Gasteiger partial charge is 0.0383 e. The van der Waals surface area contributed by atoms with E-state index in [0.717, 1.165) is 23.7 Å². The number of rotatable bonds is 0. The van der Waals surface area contributed by atoms with Gasteiger partial charge in [0, 0.05) is 0 Å². The summed E-state index contributed by atoms with van der Waals surface area (Å²) in [4.78, 5) is 0. The zero-order chi connectivity index (χ0) is 6.43. The van der Waals surface area contributed by atoms with Gasteiger partial charge in [-0.2, -0.15) is 0 Å². The van der Waals surface area contributed by atoms with Crippen LogP contribution in [0, 0.1) is 23.7 Å². The Morgan fingerprint density at radius 2 is 1.33 bits per heavy atom. The molecule has 52 valence electrons. The largest absolute Gasteiger partial charge is 0.0620 e. The minimum Gasteiger partial charge on any atom is -0.0620 e. The third kappa shape index (κ3) is 0.653. The molecule has 0 heteroatoms. The standard InChI is InChI=1S/C9H16/c1-6-7(2)9-4-3-8(6)5-9/h6-9H,3-5H2,1-2H3/t6-,7+,8+,9-. The fourth-order valence-corrected chi connectivity index (χ4v) is 2.87. The fourth-order valence-electron chi connectivity index (χ4n) is 2.87. The van der Waals surface area contributed by atoms with Crippen molar-refractivity contribution >= 4 is 0 Å². The highest BCUT2D eigenvalue weighted by Crippen LogP contribution is 2.51. The van der Waals surface area contributed by atoms with Crippen LogP contribution in [-0.4, -0.2) is 0 Å². The fraction of sp³-hybridized carbons (Fsp3) is 1.00. The molecule has 0 N–H and O–H groups in total. The monoisotopic (exact) mass is 124 g/mol. The average Bonchev–Trinajstić information content (AvgIpc) is 2.37. The Bertz CT molecular complexity index is 99.2. The molecular formula is C9H16. The summed E-state index contributed by atoms with van der Waals surface area (Å²) in [5, 5.41) is 0. The van der Waals surface area contributed by atoms with Crippen LogP contribution in [0.25, 0.3) is 0 Å². The Labute approximate surface area is 57.6 Å². The first-order valence-corrected chi connectivity index (χ1v) is 4.29. The molecule has 4 atom stereocenters. The van der Waals surface area contributed by atoms with Crippen LogP contribution in [0.4, 0.5) is 0 Å². The first-order valence-electron chi connectivity index (χ1n) is 4.29. The summed E-state index contributed by atoms with van der Waals surface area (Å²) in [5.74, 6) is 4.32. The zero-order valence-electron chi connectivity index (χ0n) is 6.43. The van der Waals surface area contributed by atoms with Crippen molar-refractivity contribution in [3.05, 3.63) is 0 Å². The van der Waals surface area contributed by atoms with Crippen LogP contribution >= 0.6 is 0 Å². The highest BCUT2D eigenvalue weighted by molar-refractivity contribution is 4.92. The van der Waals surface area contributed by atoms with Crippen LogP contribution in [0.5, 0.6) is 0 Å². The van der Waals surface area contributed by atoms with Crippen LogP contribution in [0.3, 0.4) is 0 Å². The van der Waals surface area contributed by atoms with Gasteiger partial charge in [0.15, 0.2) is 0 Å². The summed E-state index contributed by atoms with van der Waals surface area (Å²) < 4.78 is 0. The van der Waals surface area contributed by atoms with Gasteiger partial charge in [0.05, 0.1) is 0 Å². The SMILES string of the molecule is C[C@@H]1[C@@H]2CC[C@@H](C2)[C@@H]1C. The van der Waals surface area contributed by atoms with Gasteiger partial charge in [-0.25, -0.2) is 0 Å². The second-order valence-electron chi connectivity index (χ2n) is 4.05. The second kappa shape index (κ2) is 1.74. The Balaban J connectivity index is 2.15. The Hall–Kier alpha value is 0. The molecule has 2 rings (SSSR count). The van der Waals surface area contributed by atoms with Crippen molar-refractivity contribution in [2.75, 3.05) is 0 Å². The van der Waals surface area contributed by atoms with E-state index in [2.05, 4.69) is 13.8 Å². The highest BCUT2D eigenvalue weighted by Gasteiger charge is 2.42. The van der Waals surface area contributed by atoms with Crippen molar-refractivity contribution in [2.24, 2.45) is 23.7 Å². The van der Waals surface area contributed by atoms with Gasteiger partial charge in [0.2, 0.25) is 0 Å². The first-order chi connectivity index (χ1) is 4.29. The quantitative estimate of drug-likeness (QED) is 0.465. The van der Waals surface area contributed by atoms with E-state index in [9.17, 15) is 0 Å². The maximum absolute atomic E-state index is 2.44. The van der Waals surface area contributed by atoms with Crippen LogP contribution in [-0.2, 0) is 0 Å². The van der Waals surface area contributed by atoms with Crippen molar-refractivity contribution in [3.8, 4) is 0 Å². The average molecular weight is 124 g/mol. The molecule has 2 bridgehead atoms. The predicted octanol–water partition coefficient (Wildman–Crippen LogP) is 2.69. The molecular weight excluding hydrogens is 108 g/mol. The third-order valence-corrected chi connectivity index (χ3v) is 3.83. The summed E-state index contributed by atoms with van der Waals surface area (Å²) in [6.45, 7) is 4.88. The number of fused-ring (bicyclic) bond motifs is 2. The topological polar surface area (TPSA) is 0 Å². The molecule has 0 unspecified atom stereocenters. The van der Waals surface area contributed by atoms with Gasteiger partial charge in [0.25, 0.3) is 0 Å². The molecule has 2 saturated carbocycles. The minimum atomic E-state index is 1.05. The maximum atomic E-state index is 2.44. The third-order valence-electron chi connectivity index (χ3n) is 3.83. The lowest BCUT2D eigenvalue weighted by Crippen LogP contribution is -2.15. The molecule has 0 aromatic rings. The molecule has 0 spiro atoms. The van der Waals surface area contributed by atoms with Crippen molar-refractivity contribution in [1.82, 2.24) is 0 Å². The van der Waals surface area contributed by atoms with Gasteiger partial charge in [-0.15, -0.1) is 0 Å². The van der Waals surface area contributed by atoms with E-state index in [1.54, 1.807) is 6.42 Å². The van der Waals surface area contributed by atoms with E-state index in [4.69, 9.17) is 0 Å². The van der Waals surface area contributed by atoms with Gasteiger partial charge in [-0.1, -0.05) is 13.8 Å². The lowest BCUT2D eigenvalue weighted by molar-refractivity contribution is 0.259. The predicted molar refractivity (Wildman–Crippen MR) is 39.2 cm³/mol. The number of hydrogen-bond acceptors (Lipinski definition) is 0. The summed E-state index contributed by atoms with van der Waals surface area (Å²) in [6, 6.07) is 0. The van der Waals surface area contributed by atoms with E-state index in [-0.39, 0.29) is 0 Å². The van der Waals surface area contributed by atoms with Gasteiger partial charge in [-0.05, 0) is 42.9 Å². The molecule has 0 amide bonds. The van der Waals surface area contributed by atoms with Gasteiger partial charge >= 0.3 is 0 Å². The Morgan fingerprint density at radius 1 is 0.889 bits per heavy atom. The molecule has 0 aliphatic heterocycles. The van der Waals surface area contributed by atoms with Crippen LogP contribution < -0.4 is 0 Å². The molecule has 0 aromatic heterocycles. The van der Waals surface area contributed by atoms with E-state index < -0.39 is 0 Å². The van der Waals surface area contributed by atoms with E-state index in [1.165, 1.54) is 12.8 Å². The van der Waals surface area contributed by atoms with E-state index >= 15 is 0 Å². The summed E-state index contributed by atoms with van der Waals surface area (Å²) >= 11 is 0. The summed E-state index contributed by atoms with van der Waals surface area (Å²) in [5.41, 5.74) is 0. The molecule has 9 heavy (non-hydrogen) atoms. The maximum Gasteiger partial charge on any atom is -0.0383 e. The molecule has 0 radical (unpaired) electrons. The summed E-state index contributed by atoms with van der Waals surface area (Å²) in [6.07, 6.45) is 4.63. The van der Waals surface area contributed by atoms with Gasteiger partial charge in [-0.3, -0.25) is 0 Å². The molecule has 2 aliphatic rings. The molecule has 0 aromatic carbocycles. The number of hydrogen-bond donors (Lipinski definition) is 0.